The maximum atomic E-state index is 12.3. The Morgan fingerprint density at radius 2 is 1.81 bits per heavy atom. The van der Waals surface area contributed by atoms with Crippen molar-refractivity contribution in [2.45, 2.75) is 12.3 Å². The van der Waals surface area contributed by atoms with E-state index in [0.29, 0.717) is 10.6 Å². The average molecular weight is 300 g/mol. The molecule has 1 atom stereocenters. The van der Waals surface area contributed by atoms with Gasteiger partial charge in [0.25, 0.3) is 0 Å². The Hall–Kier alpha value is -2.31. The highest BCUT2D eigenvalue weighted by Gasteiger charge is 2.20. The number of benzene rings is 2. The molecule has 0 aliphatic carbocycles. The van der Waals surface area contributed by atoms with Gasteiger partial charge in [-0.15, -0.1) is 0 Å². The summed E-state index contributed by atoms with van der Waals surface area (Å²) in [5.74, 6) is -0.171. The van der Waals surface area contributed by atoms with E-state index in [0.717, 1.165) is 11.3 Å². The number of Topliss-reactive ketones (excluding diaryl/α,β-unsaturated/α-hetero) is 1. The van der Waals surface area contributed by atoms with Gasteiger partial charge in [0.05, 0.1) is 13.2 Å². The number of hydrogen-bond acceptors (Lipinski definition) is 3. The topological polar surface area (TPSA) is 50.1 Å². The first-order valence-electron chi connectivity index (χ1n) is 6.44. The molecule has 1 unspecified atom stereocenters. The predicted molar refractivity (Wildman–Crippen MR) is 81.5 cm³/mol. The van der Waals surface area contributed by atoms with Gasteiger partial charge in [0.15, 0.2) is 5.78 Å². The lowest BCUT2D eigenvalue weighted by Crippen LogP contribution is -2.13. The minimum Gasteiger partial charge on any atom is -0.497 e. The fourth-order valence-electron chi connectivity index (χ4n) is 2.03. The van der Waals surface area contributed by atoms with Crippen LogP contribution in [0.4, 0.5) is 0 Å². The van der Waals surface area contributed by atoms with E-state index in [2.05, 4.69) is 6.07 Å². The zero-order valence-corrected chi connectivity index (χ0v) is 12.3. The van der Waals surface area contributed by atoms with Gasteiger partial charge in [-0.05, 0) is 35.4 Å². The Morgan fingerprint density at radius 3 is 2.33 bits per heavy atom. The van der Waals surface area contributed by atoms with Crippen LogP contribution in [0.15, 0.2) is 48.5 Å². The first-order chi connectivity index (χ1) is 10.1. The third-order valence-electron chi connectivity index (χ3n) is 3.19. The molecular formula is C17H14ClNO2. The fourth-order valence-corrected chi connectivity index (χ4v) is 2.16. The Labute approximate surface area is 128 Å². The van der Waals surface area contributed by atoms with Crippen LogP contribution < -0.4 is 4.74 Å². The third kappa shape index (κ3) is 3.84. The molecule has 2 rings (SSSR count). The van der Waals surface area contributed by atoms with Crippen LogP contribution in [0.1, 0.15) is 17.0 Å². The SMILES string of the molecule is COc1ccc(CC(=O)C(C#N)c2ccc(Cl)cc2)cc1. The molecular weight excluding hydrogens is 286 g/mol. The van der Waals surface area contributed by atoms with Gasteiger partial charge < -0.3 is 4.74 Å². The lowest BCUT2D eigenvalue weighted by atomic mass is 9.92. The minimum atomic E-state index is -0.774. The summed E-state index contributed by atoms with van der Waals surface area (Å²) in [5.41, 5.74) is 1.52. The van der Waals surface area contributed by atoms with Crippen molar-refractivity contribution >= 4 is 17.4 Å². The molecule has 0 amide bonds. The average Bonchev–Trinajstić information content (AvgIpc) is 2.50. The standard InChI is InChI=1S/C17H14ClNO2/c1-21-15-8-2-12(3-9-15)10-17(20)16(11-19)13-4-6-14(18)7-5-13/h2-9,16H,10H2,1H3. The second-order valence-electron chi connectivity index (χ2n) is 4.60. The Morgan fingerprint density at radius 1 is 1.19 bits per heavy atom. The number of ether oxygens (including phenoxy) is 1. The Bertz CT molecular complexity index is 657. The van der Waals surface area contributed by atoms with E-state index in [-0.39, 0.29) is 12.2 Å². The molecule has 3 nitrogen and oxygen atoms in total. The van der Waals surface area contributed by atoms with Gasteiger partial charge in [-0.2, -0.15) is 5.26 Å². The molecule has 0 saturated heterocycles. The highest BCUT2D eigenvalue weighted by Crippen LogP contribution is 2.21. The smallest absolute Gasteiger partial charge is 0.158 e. The number of halogens is 1. The number of rotatable bonds is 5. The molecule has 106 valence electrons. The van der Waals surface area contributed by atoms with Gasteiger partial charge in [-0.3, -0.25) is 4.79 Å². The monoisotopic (exact) mass is 299 g/mol. The molecule has 0 aliphatic heterocycles. The zero-order chi connectivity index (χ0) is 15.2. The summed E-state index contributed by atoms with van der Waals surface area (Å²) < 4.78 is 5.07. The summed E-state index contributed by atoms with van der Waals surface area (Å²) in [6.45, 7) is 0. The van der Waals surface area contributed by atoms with E-state index >= 15 is 0 Å². The van der Waals surface area contributed by atoms with Gasteiger partial charge in [0, 0.05) is 11.4 Å². The number of nitriles is 1. The predicted octanol–water partition coefficient (Wildman–Crippen LogP) is 3.77. The number of carbonyl (C=O) groups is 1. The molecule has 0 N–H and O–H groups in total. The summed E-state index contributed by atoms with van der Waals surface area (Å²) in [5, 5.41) is 9.84. The quantitative estimate of drug-likeness (QED) is 0.844. The summed E-state index contributed by atoms with van der Waals surface area (Å²) >= 11 is 5.82. The maximum absolute atomic E-state index is 12.3. The van der Waals surface area contributed by atoms with E-state index in [1.165, 1.54) is 0 Å². The number of ketones is 1. The maximum Gasteiger partial charge on any atom is 0.158 e. The van der Waals surface area contributed by atoms with Crippen molar-refractivity contribution in [2.75, 3.05) is 7.11 Å². The van der Waals surface area contributed by atoms with Crippen LogP contribution in [0, 0.1) is 11.3 Å². The number of hydrogen-bond donors (Lipinski definition) is 0. The Kier molecular flexibility index (Phi) is 4.97. The lowest BCUT2D eigenvalue weighted by Gasteiger charge is -2.09. The normalized spacial score (nSPS) is 11.5. The lowest BCUT2D eigenvalue weighted by molar-refractivity contribution is -0.118. The van der Waals surface area contributed by atoms with Crippen molar-refractivity contribution in [1.29, 1.82) is 5.26 Å². The van der Waals surface area contributed by atoms with Crippen LogP contribution in [0.5, 0.6) is 5.75 Å². The van der Waals surface area contributed by atoms with E-state index in [4.69, 9.17) is 16.3 Å². The second kappa shape index (κ2) is 6.92. The van der Waals surface area contributed by atoms with Gasteiger partial charge in [-0.25, -0.2) is 0 Å². The molecule has 2 aromatic carbocycles. The van der Waals surface area contributed by atoms with Crippen molar-refractivity contribution in [3.8, 4) is 11.8 Å². The summed E-state index contributed by atoms with van der Waals surface area (Å²) in [7, 11) is 1.59. The minimum absolute atomic E-state index is 0.134. The Balaban J connectivity index is 2.13. The highest BCUT2D eigenvalue weighted by atomic mass is 35.5. The molecule has 0 fully saturated rings. The first-order valence-corrected chi connectivity index (χ1v) is 6.82. The highest BCUT2D eigenvalue weighted by molar-refractivity contribution is 6.30. The summed E-state index contributed by atoms with van der Waals surface area (Å²) in [6.07, 6.45) is 0.213. The van der Waals surface area contributed by atoms with Gasteiger partial charge in [0.1, 0.15) is 11.7 Å². The van der Waals surface area contributed by atoms with E-state index < -0.39 is 5.92 Å². The van der Waals surface area contributed by atoms with Crippen LogP contribution in [0.2, 0.25) is 5.02 Å². The zero-order valence-electron chi connectivity index (χ0n) is 11.5. The second-order valence-corrected chi connectivity index (χ2v) is 5.04. The third-order valence-corrected chi connectivity index (χ3v) is 3.44. The molecule has 0 aliphatic rings. The van der Waals surface area contributed by atoms with Crippen LogP contribution in [-0.2, 0) is 11.2 Å². The number of methoxy groups -OCH3 is 1. The van der Waals surface area contributed by atoms with Crippen molar-refractivity contribution in [3.05, 3.63) is 64.7 Å². The van der Waals surface area contributed by atoms with Gasteiger partial charge in [-0.1, -0.05) is 35.9 Å². The van der Waals surface area contributed by atoms with E-state index in [1.807, 2.05) is 12.1 Å². The molecule has 0 bridgehead atoms. The van der Waals surface area contributed by atoms with Crippen LogP contribution in [-0.4, -0.2) is 12.9 Å². The van der Waals surface area contributed by atoms with Crippen molar-refractivity contribution in [3.63, 3.8) is 0 Å². The van der Waals surface area contributed by atoms with Crippen molar-refractivity contribution in [2.24, 2.45) is 0 Å². The van der Waals surface area contributed by atoms with E-state index in [1.54, 1.807) is 43.5 Å². The fraction of sp³-hybridized carbons (Fsp3) is 0.176. The summed E-state index contributed by atoms with van der Waals surface area (Å²) in [6, 6.07) is 16.1. The molecule has 21 heavy (non-hydrogen) atoms. The van der Waals surface area contributed by atoms with Crippen LogP contribution in [0.3, 0.4) is 0 Å². The molecule has 4 heteroatoms. The summed E-state index contributed by atoms with van der Waals surface area (Å²) in [4.78, 5) is 12.3. The van der Waals surface area contributed by atoms with E-state index in [9.17, 15) is 10.1 Å². The van der Waals surface area contributed by atoms with Gasteiger partial charge >= 0.3 is 0 Å². The van der Waals surface area contributed by atoms with Crippen LogP contribution in [0.25, 0.3) is 0 Å². The molecule has 0 spiro atoms. The molecule has 0 radical (unpaired) electrons. The molecule has 0 aromatic heterocycles. The van der Waals surface area contributed by atoms with Crippen LogP contribution >= 0.6 is 11.6 Å². The number of nitrogens with zero attached hydrogens (tertiary/aromatic N) is 1. The largest absolute Gasteiger partial charge is 0.497 e. The number of carbonyl (C=O) groups excluding carboxylic acids is 1. The van der Waals surface area contributed by atoms with Crippen molar-refractivity contribution in [1.82, 2.24) is 0 Å². The molecule has 0 heterocycles. The molecule has 2 aromatic rings. The first kappa shape index (κ1) is 15.1. The van der Waals surface area contributed by atoms with Crippen molar-refractivity contribution < 1.29 is 9.53 Å². The van der Waals surface area contributed by atoms with Gasteiger partial charge in [0.2, 0.25) is 0 Å². The molecule has 0 saturated carbocycles.